The monoisotopic (exact) mass is 251 g/mol. The van der Waals surface area contributed by atoms with Crippen molar-refractivity contribution in [3.63, 3.8) is 0 Å². The number of anilines is 1. The van der Waals surface area contributed by atoms with Gasteiger partial charge in [0, 0.05) is 11.0 Å². The van der Waals surface area contributed by atoms with E-state index in [1.165, 1.54) is 21.3 Å². The summed E-state index contributed by atoms with van der Waals surface area (Å²) in [6.45, 7) is 5.36. The predicted octanol–water partition coefficient (Wildman–Crippen LogP) is 4.01. The fraction of sp³-hybridized carbons (Fsp3) is 0.333. The van der Waals surface area contributed by atoms with E-state index in [4.69, 9.17) is 0 Å². The van der Waals surface area contributed by atoms with Crippen molar-refractivity contribution in [2.75, 3.05) is 11.9 Å². The minimum absolute atomic E-state index is 0.576. The maximum Gasteiger partial charge on any atom is 0.0560 e. The maximum atomic E-state index is 3.60. The van der Waals surface area contributed by atoms with E-state index in [0.29, 0.717) is 5.92 Å². The van der Waals surface area contributed by atoms with Gasteiger partial charge in [-0.1, -0.05) is 26.0 Å². The normalized spacial score (nSPS) is 14.0. The van der Waals surface area contributed by atoms with Crippen LogP contribution in [0, 0.1) is 0 Å². The summed E-state index contributed by atoms with van der Waals surface area (Å²) in [5.41, 5.74) is 3.88. The molecule has 0 atom stereocenters. The summed E-state index contributed by atoms with van der Waals surface area (Å²) in [5, 5.41) is 3.36. The first-order valence-electron chi connectivity index (χ1n) is 4.92. The molecule has 74 valence electrons. The molecule has 1 N–H and O–H groups in total. The fourth-order valence-electron chi connectivity index (χ4n) is 1.65. The Hall–Kier alpha value is -0.760. The zero-order chi connectivity index (χ0) is 10.1. The van der Waals surface area contributed by atoms with Crippen LogP contribution in [0.2, 0.25) is 0 Å². The summed E-state index contributed by atoms with van der Waals surface area (Å²) in [6.07, 6.45) is 4.33. The molecular weight excluding hydrogens is 238 g/mol. The highest BCUT2D eigenvalue weighted by Gasteiger charge is 2.10. The highest BCUT2D eigenvalue weighted by molar-refractivity contribution is 9.10. The van der Waals surface area contributed by atoms with Crippen molar-refractivity contribution >= 4 is 27.7 Å². The van der Waals surface area contributed by atoms with Gasteiger partial charge in [0.15, 0.2) is 0 Å². The molecule has 0 unspecified atom stereocenters. The first kappa shape index (κ1) is 9.78. The Morgan fingerprint density at radius 2 is 2.14 bits per heavy atom. The van der Waals surface area contributed by atoms with E-state index >= 15 is 0 Å². The lowest BCUT2D eigenvalue weighted by Crippen LogP contribution is -2.06. The molecule has 14 heavy (non-hydrogen) atoms. The molecule has 0 aliphatic carbocycles. The lowest BCUT2D eigenvalue weighted by molar-refractivity contribution is 0.865. The number of benzene rings is 1. The van der Waals surface area contributed by atoms with E-state index in [2.05, 4.69) is 59.4 Å². The van der Waals surface area contributed by atoms with Crippen LogP contribution in [-0.4, -0.2) is 6.54 Å². The van der Waals surface area contributed by atoms with Gasteiger partial charge in [0.1, 0.15) is 0 Å². The van der Waals surface area contributed by atoms with E-state index in [9.17, 15) is 0 Å². The van der Waals surface area contributed by atoms with Gasteiger partial charge in [-0.15, -0.1) is 0 Å². The van der Waals surface area contributed by atoms with Gasteiger partial charge in [-0.3, -0.25) is 0 Å². The van der Waals surface area contributed by atoms with E-state index in [1.807, 2.05) is 0 Å². The summed E-state index contributed by atoms with van der Waals surface area (Å²) >= 11 is 3.60. The van der Waals surface area contributed by atoms with Gasteiger partial charge in [0.05, 0.1) is 5.69 Å². The maximum absolute atomic E-state index is 3.60. The Kier molecular flexibility index (Phi) is 2.64. The average molecular weight is 252 g/mol. The van der Waals surface area contributed by atoms with Gasteiger partial charge in [-0.2, -0.15) is 0 Å². The molecule has 0 bridgehead atoms. The molecule has 0 spiro atoms. The zero-order valence-electron chi connectivity index (χ0n) is 8.47. The van der Waals surface area contributed by atoms with Crippen LogP contribution in [0.5, 0.6) is 0 Å². The first-order valence-corrected chi connectivity index (χ1v) is 5.71. The molecule has 0 fully saturated rings. The minimum atomic E-state index is 0.576. The van der Waals surface area contributed by atoms with Crippen LogP contribution >= 0.6 is 15.9 Å². The molecule has 1 aliphatic heterocycles. The molecule has 1 aromatic carbocycles. The number of nitrogens with one attached hydrogen (secondary N) is 1. The molecule has 0 radical (unpaired) electrons. The largest absolute Gasteiger partial charge is 0.380 e. The molecule has 0 aromatic heterocycles. The Morgan fingerprint density at radius 3 is 2.86 bits per heavy atom. The minimum Gasteiger partial charge on any atom is -0.380 e. The van der Waals surface area contributed by atoms with Crippen molar-refractivity contribution in [1.82, 2.24) is 0 Å². The van der Waals surface area contributed by atoms with Crippen molar-refractivity contribution in [2.24, 2.45) is 0 Å². The molecule has 1 aliphatic rings. The number of rotatable bonds is 1. The lowest BCUT2D eigenvalue weighted by Gasteiger charge is -2.17. The molecule has 0 saturated carbocycles. The van der Waals surface area contributed by atoms with Crippen molar-refractivity contribution in [1.29, 1.82) is 0 Å². The topological polar surface area (TPSA) is 12.0 Å². The number of hydrogen-bond acceptors (Lipinski definition) is 1. The SMILES string of the molecule is CC(C)c1cc(Br)c2c(c1)C=CCN2. The predicted molar refractivity (Wildman–Crippen MR) is 65.8 cm³/mol. The quantitative estimate of drug-likeness (QED) is 0.796. The number of halogens is 1. The van der Waals surface area contributed by atoms with E-state index in [-0.39, 0.29) is 0 Å². The van der Waals surface area contributed by atoms with Gasteiger partial charge >= 0.3 is 0 Å². The summed E-state index contributed by atoms with van der Waals surface area (Å²) < 4.78 is 1.17. The van der Waals surface area contributed by atoms with Crippen LogP contribution in [0.4, 0.5) is 5.69 Å². The molecule has 1 nitrogen and oxygen atoms in total. The second-order valence-corrected chi connectivity index (χ2v) is 4.76. The highest BCUT2D eigenvalue weighted by Crippen LogP contribution is 2.33. The zero-order valence-corrected chi connectivity index (χ0v) is 10.1. The third kappa shape index (κ3) is 1.71. The van der Waals surface area contributed by atoms with Gasteiger partial charge in [0.2, 0.25) is 0 Å². The van der Waals surface area contributed by atoms with Gasteiger partial charge in [-0.05, 0) is 45.1 Å². The first-order chi connectivity index (χ1) is 6.68. The smallest absolute Gasteiger partial charge is 0.0560 e. The van der Waals surface area contributed by atoms with E-state index in [0.717, 1.165) is 6.54 Å². The van der Waals surface area contributed by atoms with Gasteiger partial charge in [-0.25, -0.2) is 0 Å². The average Bonchev–Trinajstić information content (AvgIpc) is 2.17. The molecule has 1 heterocycles. The fourth-order valence-corrected chi connectivity index (χ4v) is 2.28. The van der Waals surface area contributed by atoms with Crippen LogP contribution in [0.15, 0.2) is 22.7 Å². The van der Waals surface area contributed by atoms with Crippen LogP contribution < -0.4 is 5.32 Å². The molecule has 2 heteroatoms. The third-order valence-corrected chi connectivity index (χ3v) is 3.13. The van der Waals surface area contributed by atoms with E-state index in [1.54, 1.807) is 0 Å². The van der Waals surface area contributed by atoms with Crippen molar-refractivity contribution in [3.8, 4) is 0 Å². The summed E-state index contributed by atoms with van der Waals surface area (Å²) in [4.78, 5) is 0. The third-order valence-electron chi connectivity index (χ3n) is 2.50. The number of fused-ring (bicyclic) bond motifs is 1. The standard InChI is InChI=1S/C12H14BrN/c1-8(2)10-6-9-4-3-5-14-12(9)11(13)7-10/h3-4,6-8,14H,5H2,1-2H3. The van der Waals surface area contributed by atoms with Crippen molar-refractivity contribution in [2.45, 2.75) is 19.8 Å². The van der Waals surface area contributed by atoms with Crippen LogP contribution in [0.1, 0.15) is 30.9 Å². The summed E-state index contributed by atoms with van der Waals surface area (Å²) in [6, 6.07) is 4.46. The van der Waals surface area contributed by atoms with E-state index < -0.39 is 0 Å². The second-order valence-electron chi connectivity index (χ2n) is 3.90. The molecule has 2 rings (SSSR count). The van der Waals surface area contributed by atoms with Gasteiger partial charge < -0.3 is 5.32 Å². The van der Waals surface area contributed by atoms with Crippen molar-refractivity contribution < 1.29 is 0 Å². The van der Waals surface area contributed by atoms with Gasteiger partial charge in [0.25, 0.3) is 0 Å². The Balaban J connectivity index is 2.53. The van der Waals surface area contributed by atoms with Crippen LogP contribution in [0.3, 0.4) is 0 Å². The van der Waals surface area contributed by atoms with Crippen LogP contribution in [0.25, 0.3) is 6.08 Å². The Morgan fingerprint density at radius 1 is 1.36 bits per heavy atom. The molecular formula is C12H14BrN. The highest BCUT2D eigenvalue weighted by atomic mass is 79.9. The summed E-state index contributed by atoms with van der Waals surface area (Å²) in [5.74, 6) is 0.576. The Labute approximate surface area is 93.3 Å². The lowest BCUT2D eigenvalue weighted by atomic mass is 9.98. The molecule has 1 aromatic rings. The number of hydrogen-bond donors (Lipinski definition) is 1. The Bertz CT molecular complexity index is 380. The molecule has 0 amide bonds. The molecule has 0 saturated heterocycles. The summed E-state index contributed by atoms with van der Waals surface area (Å²) in [7, 11) is 0. The second kappa shape index (κ2) is 3.77. The van der Waals surface area contributed by atoms with Crippen molar-refractivity contribution in [3.05, 3.63) is 33.8 Å². The van der Waals surface area contributed by atoms with Crippen LogP contribution in [-0.2, 0) is 0 Å².